The Morgan fingerprint density at radius 1 is 1.53 bits per heavy atom. The lowest BCUT2D eigenvalue weighted by atomic mass is 10.2. The summed E-state index contributed by atoms with van der Waals surface area (Å²) < 4.78 is 10.9. The van der Waals surface area contributed by atoms with Crippen molar-refractivity contribution in [3.05, 3.63) is 40.0 Å². The van der Waals surface area contributed by atoms with E-state index in [4.69, 9.17) is 9.26 Å². The van der Waals surface area contributed by atoms with Crippen LogP contribution >= 0.6 is 15.9 Å². The number of ether oxygens (including phenoxy) is 1. The fraction of sp³-hybridized carbons (Fsp3) is 0.250. The van der Waals surface area contributed by atoms with Gasteiger partial charge in [0.05, 0.1) is 19.2 Å². The smallest absolute Gasteiger partial charge is 0.255 e. The predicted molar refractivity (Wildman–Crippen MR) is 70.9 cm³/mol. The van der Waals surface area contributed by atoms with Crippen LogP contribution in [0.2, 0.25) is 0 Å². The highest BCUT2D eigenvalue weighted by Crippen LogP contribution is 2.23. The van der Waals surface area contributed by atoms with Gasteiger partial charge in [-0.2, -0.15) is 4.98 Å². The van der Waals surface area contributed by atoms with Crippen LogP contribution in [0.25, 0.3) is 0 Å². The third-order valence-corrected chi connectivity index (χ3v) is 2.87. The number of methoxy groups -OCH3 is 1. The summed E-state index contributed by atoms with van der Waals surface area (Å²) >= 11 is 3.32. The van der Waals surface area contributed by atoms with E-state index in [1.807, 2.05) is 0 Å². The predicted octanol–water partition coefficient (Wildman–Crippen LogP) is 2.08. The van der Waals surface area contributed by atoms with Crippen LogP contribution in [0.1, 0.15) is 22.1 Å². The van der Waals surface area contributed by atoms with Crippen LogP contribution < -0.4 is 10.1 Å². The minimum absolute atomic E-state index is 0.179. The Hall–Kier alpha value is -1.89. The van der Waals surface area contributed by atoms with Crippen LogP contribution in [0, 0.1) is 6.92 Å². The maximum atomic E-state index is 12.0. The number of nitrogens with one attached hydrogen (secondary N) is 1. The van der Waals surface area contributed by atoms with Gasteiger partial charge in [-0.3, -0.25) is 4.79 Å². The highest BCUT2D eigenvalue weighted by molar-refractivity contribution is 9.10. The first-order chi connectivity index (χ1) is 9.10. The van der Waals surface area contributed by atoms with Crippen LogP contribution in [0.4, 0.5) is 0 Å². The van der Waals surface area contributed by atoms with Crippen molar-refractivity contribution in [1.29, 1.82) is 0 Å². The fourth-order valence-electron chi connectivity index (χ4n) is 1.52. The van der Waals surface area contributed by atoms with E-state index in [1.54, 1.807) is 25.1 Å². The molecule has 0 bridgehead atoms. The van der Waals surface area contributed by atoms with E-state index in [-0.39, 0.29) is 12.5 Å². The number of rotatable bonds is 4. The van der Waals surface area contributed by atoms with Crippen LogP contribution in [0.15, 0.2) is 27.2 Å². The van der Waals surface area contributed by atoms with Crippen molar-refractivity contribution in [2.75, 3.05) is 7.11 Å². The quantitative estimate of drug-likeness (QED) is 0.931. The van der Waals surface area contributed by atoms with E-state index in [0.717, 1.165) is 4.47 Å². The summed E-state index contributed by atoms with van der Waals surface area (Å²) in [4.78, 5) is 16.0. The van der Waals surface area contributed by atoms with Gasteiger partial charge in [-0.05, 0) is 25.1 Å². The van der Waals surface area contributed by atoms with Crippen molar-refractivity contribution < 1.29 is 14.1 Å². The molecule has 1 N–H and O–H groups in total. The SMILES string of the molecule is COc1cc(Br)ccc1C(=O)NCc1nc(C)no1. The molecular weight excluding hydrogens is 314 g/mol. The Kier molecular flexibility index (Phi) is 4.16. The van der Waals surface area contributed by atoms with Crippen LogP contribution in [-0.2, 0) is 6.54 Å². The van der Waals surface area contributed by atoms with E-state index >= 15 is 0 Å². The number of benzene rings is 1. The molecule has 0 aliphatic rings. The summed E-state index contributed by atoms with van der Waals surface area (Å²) in [6.45, 7) is 1.89. The molecule has 0 aliphatic carbocycles. The molecule has 0 unspecified atom stereocenters. The third-order valence-electron chi connectivity index (χ3n) is 2.38. The Morgan fingerprint density at radius 3 is 2.95 bits per heavy atom. The van der Waals surface area contributed by atoms with Gasteiger partial charge in [-0.25, -0.2) is 0 Å². The average molecular weight is 326 g/mol. The van der Waals surface area contributed by atoms with Crippen molar-refractivity contribution in [1.82, 2.24) is 15.5 Å². The molecule has 7 heteroatoms. The number of hydrogen-bond acceptors (Lipinski definition) is 5. The van der Waals surface area contributed by atoms with Gasteiger partial charge in [0.15, 0.2) is 5.82 Å². The molecule has 6 nitrogen and oxygen atoms in total. The number of carbonyl (C=O) groups is 1. The zero-order chi connectivity index (χ0) is 13.8. The Morgan fingerprint density at radius 2 is 2.32 bits per heavy atom. The number of halogens is 1. The number of aromatic nitrogens is 2. The van der Waals surface area contributed by atoms with Gasteiger partial charge < -0.3 is 14.6 Å². The number of hydrogen-bond donors (Lipinski definition) is 1. The topological polar surface area (TPSA) is 77.2 Å². The molecule has 0 atom stereocenters. The van der Waals surface area contributed by atoms with Crippen molar-refractivity contribution in [2.24, 2.45) is 0 Å². The molecule has 1 aromatic heterocycles. The fourth-order valence-corrected chi connectivity index (χ4v) is 1.86. The number of amides is 1. The molecule has 0 fully saturated rings. The van der Waals surface area contributed by atoms with Gasteiger partial charge in [0.2, 0.25) is 5.89 Å². The highest BCUT2D eigenvalue weighted by atomic mass is 79.9. The van der Waals surface area contributed by atoms with E-state index in [1.165, 1.54) is 7.11 Å². The van der Waals surface area contributed by atoms with Crippen molar-refractivity contribution >= 4 is 21.8 Å². The third kappa shape index (κ3) is 3.31. The molecule has 1 amide bonds. The first-order valence-electron chi connectivity index (χ1n) is 5.51. The maximum absolute atomic E-state index is 12.0. The molecule has 0 saturated heterocycles. The lowest BCUT2D eigenvalue weighted by Gasteiger charge is -2.08. The minimum Gasteiger partial charge on any atom is -0.496 e. The first kappa shape index (κ1) is 13.5. The molecule has 100 valence electrons. The summed E-state index contributed by atoms with van der Waals surface area (Å²) in [5.41, 5.74) is 0.446. The van der Waals surface area contributed by atoms with Crippen LogP contribution in [0.3, 0.4) is 0 Å². The summed E-state index contributed by atoms with van der Waals surface area (Å²) in [6, 6.07) is 5.18. The van der Waals surface area contributed by atoms with E-state index in [9.17, 15) is 4.79 Å². The number of aryl methyl sites for hydroxylation is 1. The Labute approximate surface area is 118 Å². The lowest BCUT2D eigenvalue weighted by molar-refractivity contribution is 0.0943. The molecule has 0 aliphatic heterocycles. The van der Waals surface area contributed by atoms with Gasteiger partial charge in [-0.15, -0.1) is 0 Å². The average Bonchev–Trinajstić information content (AvgIpc) is 2.81. The van der Waals surface area contributed by atoms with Crippen molar-refractivity contribution in [3.8, 4) is 5.75 Å². The molecule has 0 saturated carbocycles. The standard InChI is InChI=1S/C12H12BrN3O3/c1-7-15-11(19-16-7)6-14-12(17)9-4-3-8(13)5-10(9)18-2/h3-5H,6H2,1-2H3,(H,14,17). The molecule has 1 aromatic carbocycles. The second kappa shape index (κ2) is 5.83. The van der Waals surface area contributed by atoms with Crippen LogP contribution in [0.5, 0.6) is 5.75 Å². The van der Waals surface area contributed by atoms with Gasteiger partial charge >= 0.3 is 0 Å². The van der Waals surface area contributed by atoms with Crippen molar-refractivity contribution in [3.63, 3.8) is 0 Å². The second-order valence-corrected chi connectivity index (χ2v) is 4.68. The number of nitrogens with zero attached hydrogens (tertiary/aromatic N) is 2. The molecule has 19 heavy (non-hydrogen) atoms. The summed E-state index contributed by atoms with van der Waals surface area (Å²) in [5.74, 6) is 1.13. The van der Waals surface area contributed by atoms with E-state index in [2.05, 4.69) is 31.4 Å². The van der Waals surface area contributed by atoms with Gasteiger partial charge in [0, 0.05) is 4.47 Å². The second-order valence-electron chi connectivity index (χ2n) is 3.76. The molecular formula is C12H12BrN3O3. The molecule has 0 radical (unpaired) electrons. The lowest BCUT2D eigenvalue weighted by Crippen LogP contribution is -2.23. The maximum Gasteiger partial charge on any atom is 0.255 e. The Bertz CT molecular complexity index is 598. The highest BCUT2D eigenvalue weighted by Gasteiger charge is 2.13. The molecule has 0 spiro atoms. The normalized spacial score (nSPS) is 10.3. The van der Waals surface area contributed by atoms with Crippen molar-refractivity contribution in [2.45, 2.75) is 13.5 Å². The minimum atomic E-state index is -0.264. The summed E-state index contributed by atoms with van der Waals surface area (Å²) in [6.07, 6.45) is 0. The van der Waals surface area contributed by atoms with Crippen LogP contribution in [-0.4, -0.2) is 23.2 Å². The monoisotopic (exact) mass is 325 g/mol. The van der Waals surface area contributed by atoms with Gasteiger partial charge in [0.1, 0.15) is 5.75 Å². The zero-order valence-electron chi connectivity index (χ0n) is 10.4. The summed E-state index contributed by atoms with van der Waals surface area (Å²) in [7, 11) is 1.51. The van der Waals surface area contributed by atoms with E-state index < -0.39 is 0 Å². The largest absolute Gasteiger partial charge is 0.496 e. The zero-order valence-corrected chi connectivity index (χ0v) is 12.0. The Balaban J connectivity index is 2.07. The van der Waals surface area contributed by atoms with Gasteiger partial charge in [0.25, 0.3) is 5.91 Å². The molecule has 2 aromatic rings. The first-order valence-corrected chi connectivity index (χ1v) is 6.30. The molecule has 2 rings (SSSR count). The van der Waals surface area contributed by atoms with E-state index in [0.29, 0.717) is 23.0 Å². The summed E-state index contributed by atoms with van der Waals surface area (Å²) in [5, 5.41) is 6.34. The molecule has 1 heterocycles. The van der Waals surface area contributed by atoms with Gasteiger partial charge in [-0.1, -0.05) is 21.1 Å². The number of carbonyl (C=O) groups excluding carboxylic acids is 1.